The van der Waals surface area contributed by atoms with Crippen LogP contribution in [0.2, 0.25) is 0 Å². The molecule has 2 heterocycles. The van der Waals surface area contributed by atoms with Crippen molar-refractivity contribution >= 4 is 23.4 Å². The summed E-state index contributed by atoms with van der Waals surface area (Å²) in [6.45, 7) is 0.625. The second kappa shape index (κ2) is 8.19. The van der Waals surface area contributed by atoms with E-state index in [2.05, 4.69) is 0 Å². The zero-order chi connectivity index (χ0) is 21.3. The number of ether oxygens (including phenoxy) is 2. The number of cyclic esters (lactones) is 1. The number of methoxy groups -OCH3 is 1. The van der Waals surface area contributed by atoms with Gasteiger partial charge in [0, 0.05) is 6.54 Å². The van der Waals surface area contributed by atoms with Gasteiger partial charge in [0.05, 0.1) is 44.8 Å². The minimum atomic E-state index is -0.622. The van der Waals surface area contributed by atoms with Gasteiger partial charge in [-0.25, -0.2) is 9.18 Å². The molecule has 158 valence electrons. The lowest BCUT2D eigenvalue weighted by atomic mass is 10.2. The number of aliphatic hydroxyl groups is 1. The van der Waals surface area contributed by atoms with Crippen LogP contribution < -0.4 is 14.5 Å². The van der Waals surface area contributed by atoms with Crippen LogP contribution in [-0.2, 0) is 16.1 Å². The molecule has 0 radical (unpaired) electrons. The van der Waals surface area contributed by atoms with E-state index >= 15 is 0 Å². The third-order valence-electron chi connectivity index (χ3n) is 5.21. The number of hydrogen-bond acceptors (Lipinski definition) is 6. The molecular formula is C21H22FN3O5. The van der Waals surface area contributed by atoms with Gasteiger partial charge in [0.15, 0.2) is 0 Å². The first-order chi connectivity index (χ1) is 14.5. The molecule has 0 bridgehead atoms. The fourth-order valence-electron chi connectivity index (χ4n) is 3.60. The maximum Gasteiger partial charge on any atom is 0.414 e. The smallest absolute Gasteiger partial charge is 0.414 e. The molecule has 8 nitrogen and oxygen atoms in total. The summed E-state index contributed by atoms with van der Waals surface area (Å²) in [5, 5.41) is 9.14. The number of nitrogens with zero attached hydrogens (tertiary/aromatic N) is 3. The SMILES string of the molecule is COc1ccc(CN2CN(c3ccc(N4C[C@@H](CO)OC4=O)cc3F)CC2=O)cc1. The molecule has 2 fully saturated rings. The number of benzene rings is 2. The zero-order valence-corrected chi connectivity index (χ0v) is 16.5. The topological polar surface area (TPSA) is 82.6 Å². The Kier molecular flexibility index (Phi) is 5.45. The normalized spacial score (nSPS) is 18.9. The summed E-state index contributed by atoms with van der Waals surface area (Å²) in [5.41, 5.74) is 1.58. The predicted octanol–water partition coefficient (Wildman–Crippen LogP) is 1.96. The summed E-state index contributed by atoms with van der Waals surface area (Å²) in [7, 11) is 1.59. The summed E-state index contributed by atoms with van der Waals surface area (Å²) in [6, 6.07) is 11.8. The van der Waals surface area contributed by atoms with E-state index in [4.69, 9.17) is 14.6 Å². The van der Waals surface area contributed by atoms with Crippen LogP contribution in [-0.4, -0.2) is 61.6 Å². The molecule has 9 heteroatoms. The van der Waals surface area contributed by atoms with Crippen LogP contribution in [0.1, 0.15) is 5.56 Å². The van der Waals surface area contributed by atoms with Gasteiger partial charge in [-0.2, -0.15) is 0 Å². The summed E-state index contributed by atoms with van der Waals surface area (Å²) in [5.74, 6) is 0.109. The molecule has 30 heavy (non-hydrogen) atoms. The summed E-state index contributed by atoms with van der Waals surface area (Å²) in [4.78, 5) is 28.9. The molecule has 2 saturated heterocycles. The quantitative estimate of drug-likeness (QED) is 0.777. The van der Waals surface area contributed by atoms with E-state index in [1.807, 2.05) is 24.3 Å². The van der Waals surface area contributed by atoms with Gasteiger partial charge in [-0.1, -0.05) is 12.1 Å². The number of hydrogen-bond donors (Lipinski definition) is 1. The maximum atomic E-state index is 14.8. The highest BCUT2D eigenvalue weighted by atomic mass is 19.1. The Bertz CT molecular complexity index is 952. The Morgan fingerprint density at radius 3 is 2.60 bits per heavy atom. The molecule has 1 N–H and O–H groups in total. The molecule has 1 atom stereocenters. The van der Waals surface area contributed by atoms with Gasteiger partial charge in [-0.05, 0) is 35.9 Å². The Hall–Kier alpha value is -3.33. The van der Waals surface area contributed by atoms with Crippen molar-refractivity contribution < 1.29 is 28.6 Å². The van der Waals surface area contributed by atoms with E-state index in [0.29, 0.717) is 12.2 Å². The highest BCUT2D eigenvalue weighted by Crippen LogP contribution is 2.29. The molecular weight excluding hydrogens is 393 g/mol. The largest absolute Gasteiger partial charge is 0.497 e. The third-order valence-corrected chi connectivity index (χ3v) is 5.21. The molecule has 0 spiro atoms. The molecule has 2 aliphatic rings. The summed E-state index contributed by atoms with van der Waals surface area (Å²) in [6.07, 6.45) is -1.24. The lowest BCUT2D eigenvalue weighted by Gasteiger charge is -2.21. The third kappa shape index (κ3) is 3.88. The Balaban J connectivity index is 1.45. The molecule has 2 amide bonds. The standard InChI is InChI=1S/C21H22FN3O5/c1-29-16-5-2-14(3-6-16)9-24-13-23(11-20(24)27)19-7-4-15(8-18(19)22)25-10-17(12-26)30-21(25)28/h2-8,17,26H,9-13H2,1H3/t17-/m0/s1. The number of anilines is 2. The van der Waals surface area contributed by atoms with Crippen LogP contribution in [0.25, 0.3) is 0 Å². The van der Waals surface area contributed by atoms with Crippen molar-refractivity contribution in [2.45, 2.75) is 12.6 Å². The van der Waals surface area contributed by atoms with E-state index in [0.717, 1.165) is 11.3 Å². The number of rotatable bonds is 6. The molecule has 2 aliphatic heterocycles. The van der Waals surface area contributed by atoms with Crippen LogP contribution in [0.15, 0.2) is 42.5 Å². The van der Waals surface area contributed by atoms with E-state index in [1.54, 1.807) is 29.0 Å². The predicted molar refractivity (Wildman–Crippen MR) is 107 cm³/mol. The number of carbonyl (C=O) groups is 2. The van der Waals surface area contributed by atoms with E-state index < -0.39 is 18.0 Å². The van der Waals surface area contributed by atoms with Crippen LogP contribution in [0.4, 0.5) is 20.6 Å². The minimum absolute atomic E-state index is 0.0742. The average Bonchev–Trinajstić information content (AvgIpc) is 3.30. The lowest BCUT2D eigenvalue weighted by Crippen LogP contribution is -2.27. The van der Waals surface area contributed by atoms with Gasteiger partial charge < -0.3 is 24.4 Å². The lowest BCUT2D eigenvalue weighted by molar-refractivity contribution is -0.127. The van der Waals surface area contributed by atoms with Crippen molar-refractivity contribution in [3.05, 3.63) is 53.8 Å². The first-order valence-corrected chi connectivity index (χ1v) is 9.52. The minimum Gasteiger partial charge on any atom is -0.497 e. The summed E-state index contributed by atoms with van der Waals surface area (Å²) >= 11 is 0. The second-order valence-electron chi connectivity index (χ2n) is 7.21. The number of halogens is 1. The van der Waals surface area contributed by atoms with Crippen LogP contribution in [0, 0.1) is 5.82 Å². The van der Waals surface area contributed by atoms with Crippen molar-refractivity contribution in [3.8, 4) is 5.75 Å². The van der Waals surface area contributed by atoms with E-state index in [-0.39, 0.29) is 38.0 Å². The van der Waals surface area contributed by atoms with Gasteiger partial charge in [0.1, 0.15) is 17.7 Å². The van der Waals surface area contributed by atoms with Crippen molar-refractivity contribution in [1.82, 2.24) is 4.90 Å². The van der Waals surface area contributed by atoms with Crippen LogP contribution >= 0.6 is 0 Å². The maximum absolute atomic E-state index is 14.8. The van der Waals surface area contributed by atoms with Gasteiger partial charge in [-0.3, -0.25) is 9.69 Å². The van der Waals surface area contributed by atoms with Gasteiger partial charge >= 0.3 is 6.09 Å². The Morgan fingerprint density at radius 1 is 1.20 bits per heavy atom. The van der Waals surface area contributed by atoms with E-state index in [1.165, 1.54) is 11.0 Å². The van der Waals surface area contributed by atoms with Crippen molar-refractivity contribution in [2.24, 2.45) is 0 Å². The average molecular weight is 415 g/mol. The number of amides is 2. The van der Waals surface area contributed by atoms with Crippen LogP contribution in [0.5, 0.6) is 5.75 Å². The molecule has 0 aromatic heterocycles. The number of aliphatic hydroxyl groups excluding tert-OH is 1. The second-order valence-corrected chi connectivity index (χ2v) is 7.21. The molecule has 0 aliphatic carbocycles. The fourth-order valence-corrected chi connectivity index (χ4v) is 3.60. The fraction of sp³-hybridized carbons (Fsp3) is 0.333. The molecule has 0 unspecified atom stereocenters. The number of carbonyl (C=O) groups excluding carboxylic acids is 2. The van der Waals surface area contributed by atoms with E-state index in [9.17, 15) is 14.0 Å². The van der Waals surface area contributed by atoms with Gasteiger partial charge in [0.2, 0.25) is 5.91 Å². The summed E-state index contributed by atoms with van der Waals surface area (Å²) < 4.78 is 24.9. The molecule has 4 rings (SSSR count). The highest BCUT2D eigenvalue weighted by Gasteiger charge is 2.33. The van der Waals surface area contributed by atoms with Crippen molar-refractivity contribution in [1.29, 1.82) is 0 Å². The van der Waals surface area contributed by atoms with Crippen LogP contribution in [0.3, 0.4) is 0 Å². The Labute approximate surface area is 173 Å². The first-order valence-electron chi connectivity index (χ1n) is 9.52. The molecule has 2 aromatic carbocycles. The zero-order valence-electron chi connectivity index (χ0n) is 16.5. The van der Waals surface area contributed by atoms with Gasteiger partial charge in [0.25, 0.3) is 0 Å². The Morgan fingerprint density at radius 2 is 1.97 bits per heavy atom. The monoisotopic (exact) mass is 415 g/mol. The van der Waals surface area contributed by atoms with Crippen molar-refractivity contribution in [3.63, 3.8) is 0 Å². The highest BCUT2D eigenvalue weighted by molar-refractivity contribution is 5.90. The first kappa shape index (κ1) is 20.0. The molecule has 0 saturated carbocycles. The van der Waals surface area contributed by atoms with Gasteiger partial charge in [-0.15, -0.1) is 0 Å². The molecule has 2 aromatic rings. The van der Waals surface area contributed by atoms with Crippen molar-refractivity contribution in [2.75, 3.05) is 43.3 Å².